The predicted molar refractivity (Wildman–Crippen MR) is 91.8 cm³/mol. The van der Waals surface area contributed by atoms with Gasteiger partial charge in [0.1, 0.15) is 0 Å². The molecule has 3 heteroatoms. The molecule has 0 spiro atoms. The van der Waals surface area contributed by atoms with E-state index in [0.717, 1.165) is 13.1 Å². The van der Waals surface area contributed by atoms with Crippen molar-refractivity contribution in [2.24, 2.45) is 0 Å². The molecule has 3 nitrogen and oxygen atoms in total. The van der Waals surface area contributed by atoms with Crippen molar-refractivity contribution in [1.82, 2.24) is 5.32 Å². The minimum Gasteiger partial charge on any atom is -0.352 e. The molecule has 0 bridgehead atoms. The Hall–Kier alpha value is -0.120. The van der Waals surface area contributed by atoms with Crippen molar-refractivity contribution in [3.63, 3.8) is 0 Å². The molecule has 0 atom stereocenters. The van der Waals surface area contributed by atoms with Gasteiger partial charge in [-0.15, -0.1) is 0 Å². The lowest BCUT2D eigenvalue weighted by Gasteiger charge is -2.17. The van der Waals surface area contributed by atoms with Gasteiger partial charge in [0.05, 0.1) is 0 Å². The molecule has 0 radical (unpaired) electrons. The maximum absolute atomic E-state index is 5.50. The molecule has 0 saturated heterocycles. The van der Waals surface area contributed by atoms with E-state index in [9.17, 15) is 0 Å². The summed E-state index contributed by atoms with van der Waals surface area (Å²) in [4.78, 5) is 0. The van der Waals surface area contributed by atoms with Gasteiger partial charge in [-0.1, -0.05) is 64.7 Å². The Morgan fingerprint density at radius 2 is 1.14 bits per heavy atom. The molecular weight excluding hydrogens is 262 g/mol. The lowest BCUT2D eigenvalue weighted by molar-refractivity contribution is -0.132. The third-order valence-corrected chi connectivity index (χ3v) is 3.72. The zero-order valence-corrected chi connectivity index (χ0v) is 14.8. The van der Waals surface area contributed by atoms with Gasteiger partial charge in [0.15, 0.2) is 6.29 Å². The molecule has 0 aromatic rings. The summed E-state index contributed by atoms with van der Waals surface area (Å²) in [6, 6.07) is 0. The van der Waals surface area contributed by atoms with Crippen LogP contribution in [0.5, 0.6) is 0 Å². The number of nitrogens with one attached hydrogen (secondary N) is 1. The molecule has 0 amide bonds. The largest absolute Gasteiger partial charge is 0.352 e. The molecular formula is C18H39NO2. The number of unbranched alkanes of at least 4 members (excludes halogenated alkanes) is 9. The lowest BCUT2D eigenvalue weighted by Crippen LogP contribution is -2.32. The van der Waals surface area contributed by atoms with E-state index < -0.39 is 0 Å². The summed E-state index contributed by atoms with van der Waals surface area (Å²) in [5.41, 5.74) is 0. The Kier molecular flexibility index (Phi) is 17.8. The fraction of sp³-hybridized carbons (Fsp3) is 1.00. The topological polar surface area (TPSA) is 30.5 Å². The fourth-order valence-electron chi connectivity index (χ4n) is 2.50. The molecule has 0 rings (SSSR count). The summed E-state index contributed by atoms with van der Waals surface area (Å²) < 4.78 is 11.0. The molecule has 0 fully saturated rings. The van der Waals surface area contributed by atoms with Crippen LogP contribution in [0.3, 0.4) is 0 Å². The standard InChI is InChI=1S/C18H39NO2/c1-4-7-8-9-10-11-12-13-14-15-16-19-17-18(20-5-2)21-6-3/h18-19H,4-17H2,1-3H3. The van der Waals surface area contributed by atoms with E-state index >= 15 is 0 Å². The maximum Gasteiger partial charge on any atom is 0.169 e. The first kappa shape index (κ1) is 20.9. The van der Waals surface area contributed by atoms with Crippen LogP contribution in [0.15, 0.2) is 0 Å². The molecule has 0 aromatic carbocycles. The first-order chi connectivity index (χ1) is 10.3. The molecule has 128 valence electrons. The van der Waals surface area contributed by atoms with Crippen LogP contribution in [0.25, 0.3) is 0 Å². The third-order valence-electron chi connectivity index (χ3n) is 3.72. The normalized spacial score (nSPS) is 11.4. The molecule has 0 aliphatic heterocycles. The van der Waals surface area contributed by atoms with Crippen molar-refractivity contribution in [1.29, 1.82) is 0 Å². The summed E-state index contributed by atoms with van der Waals surface area (Å²) in [6.45, 7) is 9.60. The molecule has 0 aromatic heterocycles. The van der Waals surface area contributed by atoms with E-state index in [2.05, 4.69) is 12.2 Å². The Balaban J connectivity index is 3.17. The smallest absolute Gasteiger partial charge is 0.169 e. The summed E-state index contributed by atoms with van der Waals surface area (Å²) in [5, 5.41) is 3.43. The van der Waals surface area contributed by atoms with Gasteiger partial charge in [0.25, 0.3) is 0 Å². The van der Waals surface area contributed by atoms with Gasteiger partial charge in [0, 0.05) is 19.8 Å². The Morgan fingerprint density at radius 1 is 0.667 bits per heavy atom. The second kappa shape index (κ2) is 17.9. The second-order valence-corrected chi connectivity index (χ2v) is 5.73. The lowest BCUT2D eigenvalue weighted by atomic mass is 10.1. The predicted octanol–water partition coefficient (Wildman–Crippen LogP) is 4.90. The Bertz CT molecular complexity index is 182. The van der Waals surface area contributed by atoms with Crippen LogP contribution in [0, 0.1) is 0 Å². The van der Waals surface area contributed by atoms with Crippen LogP contribution < -0.4 is 5.32 Å². The van der Waals surface area contributed by atoms with Gasteiger partial charge in [-0.2, -0.15) is 0 Å². The minimum atomic E-state index is -0.0804. The highest BCUT2D eigenvalue weighted by molar-refractivity contribution is 4.53. The summed E-state index contributed by atoms with van der Waals surface area (Å²) >= 11 is 0. The fourth-order valence-corrected chi connectivity index (χ4v) is 2.50. The Morgan fingerprint density at radius 3 is 1.62 bits per heavy atom. The van der Waals surface area contributed by atoms with Crippen LogP contribution in [-0.4, -0.2) is 32.6 Å². The highest BCUT2D eigenvalue weighted by atomic mass is 16.7. The average Bonchev–Trinajstić information content (AvgIpc) is 2.48. The monoisotopic (exact) mass is 301 g/mol. The summed E-state index contributed by atoms with van der Waals surface area (Å²) in [7, 11) is 0. The molecule has 1 N–H and O–H groups in total. The first-order valence-electron chi connectivity index (χ1n) is 9.29. The van der Waals surface area contributed by atoms with Crippen molar-refractivity contribution in [3.05, 3.63) is 0 Å². The van der Waals surface area contributed by atoms with Crippen molar-refractivity contribution in [2.45, 2.75) is 91.3 Å². The molecule has 0 heterocycles. The Labute approximate surface area is 133 Å². The van der Waals surface area contributed by atoms with Gasteiger partial charge >= 0.3 is 0 Å². The molecule has 0 aliphatic rings. The SMILES string of the molecule is CCCCCCCCCCCCNCC(OCC)OCC. The number of hydrogen-bond acceptors (Lipinski definition) is 3. The van der Waals surface area contributed by atoms with Crippen molar-refractivity contribution >= 4 is 0 Å². The van der Waals surface area contributed by atoms with Gasteiger partial charge in [-0.25, -0.2) is 0 Å². The zero-order chi connectivity index (χ0) is 15.6. The quantitative estimate of drug-likeness (QED) is 0.306. The molecule has 21 heavy (non-hydrogen) atoms. The average molecular weight is 302 g/mol. The highest BCUT2D eigenvalue weighted by Crippen LogP contribution is 2.10. The van der Waals surface area contributed by atoms with Gasteiger partial charge < -0.3 is 14.8 Å². The third kappa shape index (κ3) is 16.1. The molecule has 0 unspecified atom stereocenters. The van der Waals surface area contributed by atoms with Crippen molar-refractivity contribution in [2.75, 3.05) is 26.3 Å². The van der Waals surface area contributed by atoms with Crippen LogP contribution in [-0.2, 0) is 9.47 Å². The second-order valence-electron chi connectivity index (χ2n) is 5.73. The van der Waals surface area contributed by atoms with Gasteiger partial charge in [-0.3, -0.25) is 0 Å². The van der Waals surface area contributed by atoms with E-state index in [1.54, 1.807) is 0 Å². The van der Waals surface area contributed by atoms with Crippen molar-refractivity contribution < 1.29 is 9.47 Å². The van der Waals surface area contributed by atoms with E-state index in [-0.39, 0.29) is 6.29 Å². The molecule has 0 saturated carbocycles. The summed E-state index contributed by atoms with van der Waals surface area (Å²) in [6.07, 6.45) is 13.8. The van der Waals surface area contributed by atoms with E-state index in [1.165, 1.54) is 64.2 Å². The minimum absolute atomic E-state index is 0.0804. The first-order valence-corrected chi connectivity index (χ1v) is 9.29. The number of ether oxygens (including phenoxy) is 2. The molecule has 0 aliphatic carbocycles. The van der Waals surface area contributed by atoms with Crippen LogP contribution >= 0.6 is 0 Å². The summed E-state index contributed by atoms with van der Waals surface area (Å²) in [5.74, 6) is 0. The van der Waals surface area contributed by atoms with Gasteiger partial charge in [0.2, 0.25) is 0 Å². The van der Waals surface area contributed by atoms with E-state index in [1.807, 2.05) is 13.8 Å². The highest BCUT2D eigenvalue weighted by Gasteiger charge is 2.05. The maximum atomic E-state index is 5.50. The van der Waals surface area contributed by atoms with E-state index in [4.69, 9.17) is 9.47 Å². The van der Waals surface area contributed by atoms with Crippen LogP contribution in [0.4, 0.5) is 0 Å². The van der Waals surface area contributed by atoms with E-state index in [0.29, 0.717) is 13.2 Å². The van der Waals surface area contributed by atoms with Crippen LogP contribution in [0.2, 0.25) is 0 Å². The number of rotatable bonds is 17. The van der Waals surface area contributed by atoms with Gasteiger partial charge in [-0.05, 0) is 26.8 Å². The van der Waals surface area contributed by atoms with Crippen LogP contribution in [0.1, 0.15) is 85.0 Å². The van der Waals surface area contributed by atoms with Crippen molar-refractivity contribution in [3.8, 4) is 0 Å². The zero-order valence-electron chi connectivity index (χ0n) is 14.8. The number of hydrogen-bond donors (Lipinski definition) is 1.